The van der Waals surface area contributed by atoms with E-state index in [1.807, 2.05) is 66.3 Å². The van der Waals surface area contributed by atoms with Crippen molar-refractivity contribution < 1.29 is 8.42 Å². The second-order valence-electron chi connectivity index (χ2n) is 9.25. The number of aromatic nitrogens is 4. The SMILES string of the molecule is CCN(CC)CCCS(=O)(=O)N[C@H](CCc1ccccc1)c1nc(-c2cn(C)c3ccc(Cl)cc23)n[nH]1. The van der Waals surface area contributed by atoms with Crippen LogP contribution in [-0.2, 0) is 23.5 Å². The van der Waals surface area contributed by atoms with Crippen LogP contribution in [0.2, 0.25) is 5.02 Å². The van der Waals surface area contributed by atoms with Gasteiger partial charge in [0.05, 0.1) is 11.8 Å². The Labute approximate surface area is 224 Å². The first-order valence-corrected chi connectivity index (χ1v) is 14.8. The molecule has 2 heterocycles. The van der Waals surface area contributed by atoms with Crippen LogP contribution < -0.4 is 4.72 Å². The lowest BCUT2D eigenvalue weighted by Gasteiger charge is -2.19. The second-order valence-corrected chi connectivity index (χ2v) is 11.6. The van der Waals surface area contributed by atoms with Crippen LogP contribution in [0, 0.1) is 0 Å². The Morgan fingerprint density at radius 3 is 2.62 bits per heavy atom. The first-order valence-electron chi connectivity index (χ1n) is 12.7. The summed E-state index contributed by atoms with van der Waals surface area (Å²) in [6.07, 6.45) is 3.79. The maximum atomic E-state index is 13.1. The van der Waals surface area contributed by atoms with Gasteiger partial charge in [-0.3, -0.25) is 5.10 Å². The van der Waals surface area contributed by atoms with Crippen LogP contribution in [0.3, 0.4) is 0 Å². The monoisotopic (exact) mass is 542 g/mol. The van der Waals surface area contributed by atoms with Crippen molar-refractivity contribution in [1.29, 1.82) is 0 Å². The predicted octanol–water partition coefficient (Wildman–Crippen LogP) is 4.94. The quantitative estimate of drug-likeness (QED) is 0.249. The fraction of sp³-hybridized carbons (Fsp3) is 0.407. The summed E-state index contributed by atoms with van der Waals surface area (Å²) in [5.74, 6) is 1.07. The van der Waals surface area contributed by atoms with E-state index in [2.05, 4.69) is 33.7 Å². The van der Waals surface area contributed by atoms with Crippen molar-refractivity contribution in [3.05, 3.63) is 71.1 Å². The largest absolute Gasteiger partial charge is 0.350 e. The molecule has 0 fully saturated rings. The summed E-state index contributed by atoms with van der Waals surface area (Å²) in [5, 5.41) is 9.04. The van der Waals surface area contributed by atoms with Crippen LogP contribution in [0.15, 0.2) is 54.7 Å². The van der Waals surface area contributed by atoms with Crippen LogP contribution in [0.4, 0.5) is 0 Å². The zero-order chi connectivity index (χ0) is 26.4. The van der Waals surface area contributed by atoms with E-state index in [4.69, 9.17) is 16.6 Å². The molecule has 4 aromatic rings. The molecular formula is C27H35ClN6O2S. The highest BCUT2D eigenvalue weighted by Crippen LogP contribution is 2.31. The number of fused-ring (bicyclic) bond motifs is 1. The highest BCUT2D eigenvalue weighted by molar-refractivity contribution is 7.89. The number of nitrogens with zero attached hydrogens (tertiary/aromatic N) is 4. The second kappa shape index (κ2) is 12.2. The number of aromatic amines is 1. The minimum Gasteiger partial charge on any atom is -0.350 e. The van der Waals surface area contributed by atoms with E-state index in [1.165, 1.54) is 0 Å². The van der Waals surface area contributed by atoms with Crippen LogP contribution in [-0.4, -0.2) is 58.5 Å². The number of nitrogens with one attached hydrogen (secondary N) is 2. The van der Waals surface area contributed by atoms with E-state index < -0.39 is 16.1 Å². The van der Waals surface area contributed by atoms with Crippen LogP contribution in [0.5, 0.6) is 0 Å². The van der Waals surface area contributed by atoms with Crippen molar-refractivity contribution in [3.8, 4) is 11.4 Å². The summed E-state index contributed by atoms with van der Waals surface area (Å²) in [7, 11) is -1.56. The number of H-pyrrole nitrogens is 1. The van der Waals surface area contributed by atoms with Gasteiger partial charge in [0.15, 0.2) is 5.82 Å². The molecule has 0 aliphatic heterocycles. The Morgan fingerprint density at radius 2 is 1.89 bits per heavy atom. The molecule has 0 aliphatic rings. The molecule has 0 saturated carbocycles. The van der Waals surface area contributed by atoms with Crippen molar-refractivity contribution >= 4 is 32.5 Å². The lowest BCUT2D eigenvalue weighted by molar-refractivity contribution is 0.304. The number of halogens is 1. The Kier molecular flexibility index (Phi) is 9.02. The smallest absolute Gasteiger partial charge is 0.212 e. The Hall–Kier alpha value is -2.72. The van der Waals surface area contributed by atoms with Gasteiger partial charge >= 0.3 is 0 Å². The molecular weight excluding hydrogens is 508 g/mol. The van der Waals surface area contributed by atoms with Gasteiger partial charge < -0.3 is 9.47 Å². The van der Waals surface area contributed by atoms with Gasteiger partial charge in [0, 0.05) is 34.7 Å². The summed E-state index contributed by atoms with van der Waals surface area (Å²) in [6, 6.07) is 15.2. The van der Waals surface area contributed by atoms with Crippen LogP contribution in [0.25, 0.3) is 22.3 Å². The van der Waals surface area contributed by atoms with E-state index >= 15 is 0 Å². The maximum absolute atomic E-state index is 13.1. The summed E-state index contributed by atoms with van der Waals surface area (Å²) in [5.41, 5.74) is 2.99. The Morgan fingerprint density at radius 1 is 1.14 bits per heavy atom. The Bertz CT molecular complexity index is 1410. The molecule has 37 heavy (non-hydrogen) atoms. The van der Waals surface area contributed by atoms with E-state index in [-0.39, 0.29) is 5.75 Å². The molecule has 2 aromatic carbocycles. The fourth-order valence-corrected chi connectivity index (χ4v) is 6.06. The number of hydrogen-bond acceptors (Lipinski definition) is 5. The van der Waals surface area contributed by atoms with Crippen LogP contribution >= 0.6 is 11.6 Å². The molecule has 0 amide bonds. The van der Waals surface area contributed by atoms with Gasteiger partial charge in [-0.15, -0.1) is 0 Å². The number of rotatable bonds is 13. The molecule has 0 unspecified atom stereocenters. The topological polar surface area (TPSA) is 95.9 Å². The zero-order valence-corrected chi connectivity index (χ0v) is 23.2. The highest BCUT2D eigenvalue weighted by Gasteiger charge is 2.24. The minimum absolute atomic E-state index is 0.0636. The predicted molar refractivity (Wildman–Crippen MR) is 150 cm³/mol. The molecule has 2 aromatic heterocycles. The van der Waals surface area contributed by atoms with Crippen molar-refractivity contribution in [3.63, 3.8) is 0 Å². The van der Waals surface area contributed by atoms with Gasteiger partial charge in [0.25, 0.3) is 0 Å². The van der Waals surface area contributed by atoms with Gasteiger partial charge in [-0.25, -0.2) is 18.1 Å². The molecule has 1 atom stereocenters. The fourth-order valence-electron chi connectivity index (χ4n) is 4.59. The summed E-state index contributed by atoms with van der Waals surface area (Å²) >= 11 is 6.26. The van der Waals surface area contributed by atoms with Crippen molar-refractivity contribution in [2.75, 3.05) is 25.4 Å². The van der Waals surface area contributed by atoms with E-state index in [1.54, 1.807) is 0 Å². The van der Waals surface area contributed by atoms with Gasteiger partial charge in [-0.05, 0) is 62.7 Å². The molecule has 198 valence electrons. The average Bonchev–Trinajstić information content (AvgIpc) is 3.49. The van der Waals surface area contributed by atoms with Gasteiger partial charge in [0.1, 0.15) is 5.82 Å². The molecule has 4 rings (SSSR count). The van der Waals surface area contributed by atoms with E-state index in [0.717, 1.165) is 41.7 Å². The first kappa shape index (κ1) is 27.3. The van der Waals surface area contributed by atoms with Crippen molar-refractivity contribution in [2.45, 2.75) is 39.2 Å². The molecule has 10 heteroatoms. The third kappa shape index (κ3) is 6.98. The zero-order valence-electron chi connectivity index (χ0n) is 21.6. The Balaban J connectivity index is 1.57. The molecule has 0 aliphatic carbocycles. The highest BCUT2D eigenvalue weighted by atomic mass is 35.5. The average molecular weight is 543 g/mol. The van der Waals surface area contributed by atoms with Crippen LogP contribution in [0.1, 0.15) is 44.1 Å². The third-order valence-electron chi connectivity index (χ3n) is 6.69. The first-order chi connectivity index (χ1) is 17.8. The minimum atomic E-state index is -3.52. The summed E-state index contributed by atoms with van der Waals surface area (Å²) in [4.78, 5) is 6.97. The lowest BCUT2D eigenvalue weighted by atomic mass is 10.1. The molecule has 0 spiro atoms. The summed E-state index contributed by atoms with van der Waals surface area (Å²) < 4.78 is 31.0. The standard InChI is InChI=1S/C27H35ClN6O2S/c1-4-34(5-2)16-9-17-37(35,36)32-24(14-12-20-10-7-6-8-11-20)27-29-26(30-31-27)23-19-33(3)25-15-13-21(28)18-22(23)25/h6-8,10-11,13,15,18-19,24,32H,4-5,9,12,14,16-17H2,1-3H3,(H,29,30,31)/t24-/m1/s1. The molecule has 0 radical (unpaired) electrons. The number of aryl methyl sites for hydroxylation is 2. The molecule has 0 saturated heterocycles. The number of sulfonamides is 1. The molecule has 8 nitrogen and oxygen atoms in total. The third-order valence-corrected chi connectivity index (χ3v) is 8.40. The van der Waals surface area contributed by atoms with E-state index in [9.17, 15) is 8.42 Å². The lowest BCUT2D eigenvalue weighted by Crippen LogP contribution is -2.33. The van der Waals surface area contributed by atoms with Gasteiger partial charge in [-0.1, -0.05) is 55.8 Å². The molecule has 2 N–H and O–H groups in total. The van der Waals surface area contributed by atoms with Gasteiger partial charge in [0.2, 0.25) is 10.0 Å². The number of benzene rings is 2. The number of hydrogen-bond donors (Lipinski definition) is 2. The van der Waals surface area contributed by atoms with Crippen molar-refractivity contribution in [2.24, 2.45) is 7.05 Å². The maximum Gasteiger partial charge on any atom is 0.212 e. The molecule has 0 bridgehead atoms. The van der Waals surface area contributed by atoms with Gasteiger partial charge in [-0.2, -0.15) is 5.10 Å². The van der Waals surface area contributed by atoms with E-state index in [0.29, 0.717) is 35.9 Å². The normalized spacial score (nSPS) is 13.0. The summed E-state index contributed by atoms with van der Waals surface area (Å²) in [6.45, 7) is 6.73. The van der Waals surface area contributed by atoms with Crippen molar-refractivity contribution in [1.82, 2.24) is 29.4 Å².